The molecule has 0 aliphatic carbocycles. The topological polar surface area (TPSA) is 74.6 Å². The zero-order valence-corrected chi connectivity index (χ0v) is 28.3. The van der Waals surface area contributed by atoms with Crippen LogP contribution in [0.2, 0.25) is 0 Å². The van der Waals surface area contributed by atoms with Gasteiger partial charge >= 0.3 is 11.9 Å². The quantitative estimate of drug-likeness (QED) is 0.194. The molecule has 0 saturated heterocycles. The standard InChI is InChI=1S/C40H54O4/c1-27(25-39(3,4)5)9-11-29-13-17-31(18-14-29)21-33-23-36(38(43)44)34(24-35(33)37(41)42)22-32-19-15-30(16-20-32)12-10-28(2)26-40(6,7)8/h13-20,23-24,27-28H,9-12,21-22,25-26H2,1-8H3,(H,41,42)(H,43,44). The third kappa shape index (κ3) is 11.6. The van der Waals surface area contributed by atoms with Crippen LogP contribution >= 0.6 is 0 Å². The normalized spacial score (nSPS) is 13.5. The maximum Gasteiger partial charge on any atom is 0.335 e. The molecule has 0 radical (unpaired) electrons. The Kier molecular flexibility index (Phi) is 12.0. The second kappa shape index (κ2) is 15.1. The van der Waals surface area contributed by atoms with E-state index in [0.717, 1.165) is 36.8 Å². The van der Waals surface area contributed by atoms with Crippen molar-refractivity contribution in [2.24, 2.45) is 22.7 Å². The Morgan fingerprint density at radius 3 is 1.14 bits per heavy atom. The fourth-order valence-electron chi connectivity index (χ4n) is 6.59. The van der Waals surface area contributed by atoms with Crippen molar-refractivity contribution in [3.05, 3.63) is 105 Å². The van der Waals surface area contributed by atoms with Crippen molar-refractivity contribution < 1.29 is 19.8 Å². The van der Waals surface area contributed by atoms with Crippen LogP contribution in [0.15, 0.2) is 60.7 Å². The average molecular weight is 599 g/mol. The Balaban J connectivity index is 1.72. The van der Waals surface area contributed by atoms with Crippen LogP contribution in [-0.4, -0.2) is 22.2 Å². The first kappa shape index (κ1) is 35.1. The van der Waals surface area contributed by atoms with Gasteiger partial charge in [0.1, 0.15) is 0 Å². The molecule has 4 heteroatoms. The van der Waals surface area contributed by atoms with E-state index in [0.29, 0.717) is 46.6 Å². The van der Waals surface area contributed by atoms with E-state index in [2.05, 4.69) is 79.7 Å². The molecular formula is C40H54O4. The number of hydrogen-bond acceptors (Lipinski definition) is 2. The summed E-state index contributed by atoms with van der Waals surface area (Å²) in [5, 5.41) is 20.1. The lowest BCUT2D eigenvalue weighted by Gasteiger charge is -2.23. The molecule has 2 atom stereocenters. The summed E-state index contributed by atoms with van der Waals surface area (Å²) >= 11 is 0. The van der Waals surface area contributed by atoms with Crippen LogP contribution < -0.4 is 0 Å². The van der Waals surface area contributed by atoms with Crippen LogP contribution in [0.25, 0.3) is 0 Å². The van der Waals surface area contributed by atoms with Gasteiger partial charge in [0.05, 0.1) is 11.1 Å². The molecule has 2 unspecified atom stereocenters. The summed E-state index contributed by atoms with van der Waals surface area (Å²) in [4.78, 5) is 24.6. The second-order valence-electron chi connectivity index (χ2n) is 15.6. The number of hydrogen-bond donors (Lipinski definition) is 2. The van der Waals surface area contributed by atoms with Crippen molar-refractivity contribution in [1.29, 1.82) is 0 Å². The predicted octanol–water partition coefficient (Wildman–Crippen LogP) is 10.3. The molecule has 0 aromatic heterocycles. The van der Waals surface area contributed by atoms with Crippen LogP contribution in [0.3, 0.4) is 0 Å². The minimum atomic E-state index is -1.04. The number of carbonyl (C=O) groups is 2. The van der Waals surface area contributed by atoms with Gasteiger partial charge in [-0.1, -0.05) is 104 Å². The summed E-state index contributed by atoms with van der Waals surface area (Å²) in [6.07, 6.45) is 7.38. The van der Waals surface area contributed by atoms with Crippen LogP contribution in [0.4, 0.5) is 0 Å². The molecule has 3 aromatic carbocycles. The molecule has 0 heterocycles. The fourth-order valence-corrected chi connectivity index (χ4v) is 6.59. The summed E-state index contributed by atoms with van der Waals surface area (Å²) in [7, 11) is 0. The molecule has 0 amide bonds. The highest BCUT2D eigenvalue weighted by Crippen LogP contribution is 2.29. The van der Waals surface area contributed by atoms with E-state index >= 15 is 0 Å². The van der Waals surface area contributed by atoms with Gasteiger partial charge in [-0.2, -0.15) is 0 Å². The molecule has 4 nitrogen and oxygen atoms in total. The zero-order valence-electron chi connectivity index (χ0n) is 28.3. The summed E-state index contributed by atoms with van der Waals surface area (Å²) in [5.74, 6) is -0.790. The summed E-state index contributed by atoms with van der Waals surface area (Å²) in [5.41, 5.74) is 6.47. The molecule has 0 saturated carbocycles. The van der Waals surface area contributed by atoms with E-state index in [9.17, 15) is 19.8 Å². The van der Waals surface area contributed by atoms with Crippen LogP contribution in [-0.2, 0) is 25.7 Å². The van der Waals surface area contributed by atoms with Gasteiger partial charge in [0.25, 0.3) is 0 Å². The summed E-state index contributed by atoms with van der Waals surface area (Å²) < 4.78 is 0. The van der Waals surface area contributed by atoms with Gasteiger partial charge in [-0.15, -0.1) is 0 Å². The SMILES string of the molecule is CC(CCc1ccc(Cc2cc(C(=O)O)c(Cc3ccc(CCC(C)CC(C)(C)C)cc3)cc2C(=O)O)cc1)CC(C)(C)C. The second-order valence-corrected chi connectivity index (χ2v) is 15.6. The minimum absolute atomic E-state index is 0.162. The molecule has 238 valence electrons. The lowest BCUT2D eigenvalue weighted by atomic mass is 9.83. The molecule has 0 aliphatic rings. The Morgan fingerprint density at radius 2 is 0.864 bits per heavy atom. The number of aromatic carboxylic acids is 2. The van der Waals surface area contributed by atoms with Gasteiger partial charge < -0.3 is 10.2 Å². The number of aryl methyl sites for hydroxylation is 2. The molecular weight excluding hydrogens is 544 g/mol. The monoisotopic (exact) mass is 598 g/mol. The molecule has 2 N–H and O–H groups in total. The lowest BCUT2D eigenvalue weighted by molar-refractivity contribution is 0.0679. The number of benzene rings is 3. The van der Waals surface area contributed by atoms with Crippen molar-refractivity contribution in [3.63, 3.8) is 0 Å². The van der Waals surface area contributed by atoms with Crippen LogP contribution in [0.5, 0.6) is 0 Å². The Hall–Kier alpha value is -3.40. The maximum atomic E-state index is 12.3. The Bertz CT molecular complexity index is 1280. The van der Waals surface area contributed by atoms with E-state index < -0.39 is 11.9 Å². The smallest absolute Gasteiger partial charge is 0.335 e. The molecule has 0 fully saturated rings. The van der Waals surface area contributed by atoms with Gasteiger partial charge in [-0.05, 0) is 120 Å². The van der Waals surface area contributed by atoms with E-state index in [1.165, 1.54) is 24.0 Å². The van der Waals surface area contributed by atoms with E-state index in [1.807, 2.05) is 24.3 Å². The fraction of sp³-hybridized carbons (Fsp3) is 0.500. The van der Waals surface area contributed by atoms with Crippen molar-refractivity contribution >= 4 is 11.9 Å². The highest BCUT2D eigenvalue weighted by atomic mass is 16.4. The van der Waals surface area contributed by atoms with Crippen molar-refractivity contribution in [2.75, 3.05) is 0 Å². The maximum absolute atomic E-state index is 12.3. The van der Waals surface area contributed by atoms with Gasteiger partial charge in [0.15, 0.2) is 0 Å². The molecule has 3 aromatic rings. The summed E-state index contributed by atoms with van der Waals surface area (Å²) in [6.45, 7) is 18.3. The number of carboxylic acids is 2. The van der Waals surface area contributed by atoms with Crippen molar-refractivity contribution in [3.8, 4) is 0 Å². The van der Waals surface area contributed by atoms with Gasteiger partial charge in [0.2, 0.25) is 0 Å². The van der Waals surface area contributed by atoms with Crippen molar-refractivity contribution in [2.45, 2.75) is 107 Å². The average Bonchev–Trinajstić information content (AvgIpc) is 2.90. The molecule has 3 rings (SSSR count). The highest BCUT2D eigenvalue weighted by molar-refractivity contribution is 5.95. The molecule has 0 aliphatic heterocycles. The lowest BCUT2D eigenvalue weighted by Crippen LogP contribution is -2.12. The first-order valence-electron chi connectivity index (χ1n) is 16.3. The van der Waals surface area contributed by atoms with Crippen LogP contribution in [0, 0.1) is 22.7 Å². The first-order valence-corrected chi connectivity index (χ1v) is 16.3. The number of carboxylic acid groups (broad SMARTS) is 2. The third-order valence-corrected chi connectivity index (χ3v) is 8.40. The van der Waals surface area contributed by atoms with Gasteiger partial charge in [-0.3, -0.25) is 0 Å². The molecule has 44 heavy (non-hydrogen) atoms. The molecule has 0 bridgehead atoms. The largest absolute Gasteiger partial charge is 0.478 e. The summed E-state index contributed by atoms with van der Waals surface area (Å²) in [6, 6.07) is 19.7. The predicted molar refractivity (Wildman–Crippen MR) is 182 cm³/mol. The van der Waals surface area contributed by atoms with E-state index in [-0.39, 0.29) is 11.1 Å². The van der Waals surface area contributed by atoms with Crippen LogP contribution in [0.1, 0.15) is 135 Å². The van der Waals surface area contributed by atoms with E-state index in [1.54, 1.807) is 12.1 Å². The zero-order chi connectivity index (χ0) is 32.7. The van der Waals surface area contributed by atoms with E-state index in [4.69, 9.17) is 0 Å². The Morgan fingerprint density at radius 1 is 0.568 bits per heavy atom. The van der Waals surface area contributed by atoms with Gasteiger partial charge in [-0.25, -0.2) is 9.59 Å². The third-order valence-electron chi connectivity index (χ3n) is 8.40. The molecule has 0 spiro atoms. The number of rotatable bonds is 14. The Labute approximate surface area is 265 Å². The first-order chi connectivity index (χ1) is 20.5. The van der Waals surface area contributed by atoms with Crippen molar-refractivity contribution in [1.82, 2.24) is 0 Å². The van der Waals surface area contributed by atoms with Gasteiger partial charge in [0, 0.05) is 0 Å². The highest BCUT2D eigenvalue weighted by Gasteiger charge is 2.20. The minimum Gasteiger partial charge on any atom is -0.478 e.